The molecule has 1 fully saturated rings. The molecule has 1 nitrogen and oxygen atoms in total. The lowest BCUT2D eigenvalue weighted by Crippen LogP contribution is -2.37. The zero-order valence-electron chi connectivity index (χ0n) is 7.13. The van der Waals surface area contributed by atoms with Crippen LogP contribution in [-0.4, -0.2) is 6.04 Å². The number of benzene rings is 1. The van der Waals surface area contributed by atoms with Gasteiger partial charge in [-0.05, 0) is 24.5 Å². The maximum atomic E-state index is 13.2. The van der Waals surface area contributed by atoms with E-state index in [9.17, 15) is 8.78 Å². The van der Waals surface area contributed by atoms with Crippen molar-refractivity contribution in [3.05, 3.63) is 35.4 Å². The zero-order chi connectivity index (χ0) is 9.42. The molecule has 2 N–H and O–H groups in total. The van der Waals surface area contributed by atoms with Gasteiger partial charge < -0.3 is 5.73 Å². The van der Waals surface area contributed by atoms with E-state index < -0.39 is 11.6 Å². The smallest absolute Gasteiger partial charge is 0.129 e. The van der Waals surface area contributed by atoms with E-state index in [-0.39, 0.29) is 12.0 Å². The van der Waals surface area contributed by atoms with Gasteiger partial charge in [-0.15, -0.1) is 0 Å². The van der Waals surface area contributed by atoms with Crippen molar-refractivity contribution >= 4 is 0 Å². The molecular weight excluding hydrogens is 172 g/mol. The Bertz CT molecular complexity index is 325. The van der Waals surface area contributed by atoms with Crippen LogP contribution in [0.4, 0.5) is 8.78 Å². The van der Waals surface area contributed by atoms with E-state index in [1.54, 1.807) is 0 Å². The Hall–Kier alpha value is -0.960. The van der Waals surface area contributed by atoms with Gasteiger partial charge in [-0.2, -0.15) is 0 Å². The zero-order valence-corrected chi connectivity index (χ0v) is 7.13. The molecule has 0 heterocycles. The summed E-state index contributed by atoms with van der Waals surface area (Å²) in [6.07, 6.45) is 1.84. The Morgan fingerprint density at radius 3 is 2.46 bits per heavy atom. The van der Waals surface area contributed by atoms with Gasteiger partial charge in [0.15, 0.2) is 0 Å². The predicted octanol–water partition coefficient (Wildman–Crippen LogP) is 2.17. The fraction of sp³-hybridized carbons (Fsp3) is 0.400. The fourth-order valence-electron chi connectivity index (χ4n) is 1.71. The van der Waals surface area contributed by atoms with Crippen LogP contribution in [0.1, 0.15) is 24.3 Å². The second-order valence-corrected chi connectivity index (χ2v) is 3.51. The normalized spacial score (nSPS) is 27.0. The summed E-state index contributed by atoms with van der Waals surface area (Å²) in [6, 6.07) is 3.73. The van der Waals surface area contributed by atoms with Crippen molar-refractivity contribution < 1.29 is 8.78 Å². The van der Waals surface area contributed by atoms with Gasteiger partial charge in [-0.1, -0.05) is 6.07 Å². The first kappa shape index (κ1) is 8.63. The third-order valence-electron chi connectivity index (χ3n) is 2.69. The van der Waals surface area contributed by atoms with Gasteiger partial charge in [-0.25, -0.2) is 8.78 Å². The molecule has 13 heavy (non-hydrogen) atoms. The quantitative estimate of drug-likeness (QED) is 0.709. The summed E-state index contributed by atoms with van der Waals surface area (Å²) in [6.45, 7) is 0. The van der Waals surface area contributed by atoms with Crippen molar-refractivity contribution in [1.82, 2.24) is 0 Å². The van der Waals surface area contributed by atoms with Crippen molar-refractivity contribution in [2.24, 2.45) is 5.73 Å². The van der Waals surface area contributed by atoms with Crippen molar-refractivity contribution in [3.8, 4) is 0 Å². The van der Waals surface area contributed by atoms with Crippen LogP contribution >= 0.6 is 0 Å². The van der Waals surface area contributed by atoms with E-state index in [1.807, 2.05) is 0 Å². The minimum atomic E-state index is -0.533. The topological polar surface area (TPSA) is 26.0 Å². The highest BCUT2D eigenvalue weighted by molar-refractivity contribution is 5.26. The second kappa shape index (κ2) is 3.07. The molecular formula is C10H11F2N. The maximum Gasteiger partial charge on any atom is 0.129 e. The van der Waals surface area contributed by atoms with Crippen LogP contribution < -0.4 is 5.73 Å². The lowest BCUT2D eigenvalue weighted by molar-refractivity contribution is 0.336. The molecule has 2 unspecified atom stereocenters. The lowest BCUT2D eigenvalue weighted by atomic mass is 9.75. The van der Waals surface area contributed by atoms with E-state index in [4.69, 9.17) is 5.73 Å². The average Bonchev–Trinajstić information content (AvgIpc) is 2.07. The minimum Gasteiger partial charge on any atom is -0.327 e. The molecule has 0 spiro atoms. The van der Waals surface area contributed by atoms with Crippen molar-refractivity contribution in [2.75, 3.05) is 0 Å². The summed E-state index contributed by atoms with van der Waals surface area (Å²) in [5.74, 6) is -0.921. The highest BCUT2D eigenvalue weighted by atomic mass is 19.1. The average molecular weight is 183 g/mol. The molecule has 1 aromatic carbocycles. The monoisotopic (exact) mass is 183 g/mol. The van der Waals surface area contributed by atoms with Gasteiger partial charge >= 0.3 is 0 Å². The summed E-state index contributed by atoms with van der Waals surface area (Å²) in [5, 5.41) is 0. The van der Waals surface area contributed by atoms with Gasteiger partial charge in [0.1, 0.15) is 11.6 Å². The SMILES string of the molecule is NC1CCC1c1ccc(F)cc1F. The molecule has 0 amide bonds. The lowest BCUT2D eigenvalue weighted by Gasteiger charge is -2.34. The van der Waals surface area contributed by atoms with Gasteiger partial charge in [0.2, 0.25) is 0 Å². The molecule has 0 radical (unpaired) electrons. The van der Waals surface area contributed by atoms with E-state index in [0.717, 1.165) is 18.9 Å². The Balaban J connectivity index is 2.30. The number of nitrogens with two attached hydrogens (primary N) is 1. The first-order chi connectivity index (χ1) is 6.18. The van der Waals surface area contributed by atoms with Crippen molar-refractivity contribution in [1.29, 1.82) is 0 Å². The number of hydrogen-bond donors (Lipinski definition) is 1. The van der Waals surface area contributed by atoms with E-state index in [0.29, 0.717) is 5.56 Å². The van der Waals surface area contributed by atoms with E-state index >= 15 is 0 Å². The van der Waals surface area contributed by atoms with Crippen molar-refractivity contribution in [3.63, 3.8) is 0 Å². The molecule has 1 aliphatic carbocycles. The molecule has 0 aromatic heterocycles. The molecule has 1 saturated carbocycles. The van der Waals surface area contributed by atoms with Crippen LogP contribution in [0, 0.1) is 11.6 Å². The number of hydrogen-bond acceptors (Lipinski definition) is 1. The summed E-state index contributed by atoms with van der Waals surface area (Å²) < 4.78 is 25.8. The molecule has 0 bridgehead atoms. The van der Waals surface area contributed by atoms with Crippen LogP contribution in [0.15, 0.2) is 18.2 Å². The Labute approximate surface area is 75.6 Å². The van der Waals surface area contributed by atoms with Crippen LogP contribution in [0.25, 0.3) is 0 Å². The van der Waals surface area contributed by atoms with Crippen molar-refractivity contribution in [2.45, 2.75) is 24.8 Å². The summed E-state index contributed by atoms with van der Waals surface area (Å²) in [5.41, 5.74) is 6.26. The first-order valence-corrected chi connectivity index (χ1v) is 4.39. The van der Waals surface area contributed by atoms with Crippen LogP contribution in [0.2, 0.25) is 0 Å². The predicted molar refractivity (Wildman–Crippen MR) is 46.3 cm³/mol. The second-order valence-electron chi connectivity index (χ2n) is 3.51. The van der Waals surface area contributed by atoms with Gasteiger partial charge in [0, 0.05) is 18.0 Å². The highest BCUT2D eigenvalue weighted by Gasteiger charge is 2.30. The standard InChI is InChI=1S/C10H11F2N/c11-6-1-2-7(9(12)5-6)8-3-4-10(8)13/h1-2,5,8,10H,3-4,13H2. The van der Waals surface area contributed by atoms with Gasteiger partial charge in [-0.3, -0.25) is 0 Å². The maximum absolute atomic E-state index is 13.2. The molecule has 3 heteroatoms. The molecule has 0 aliphatic heterocycles. The third-order valence-corrected chi connectivity index (χ3v) is 2.69. The van der Waals surface area contributed by atoms with Crippen LogP contribution in [-0.2, 0) is 0 Å². The van der Waals surface area contributed by atoms with Crippen LogP contribution in [0.5, 0.6) is 0 Å². The minimum absolute atomic E-state index is 0.0416. The summed E-state index contributed by atoms with van der Waals surface area (Å²) >= 11 is 0. The Kier molecular flexibility index (Phi) is 2.04. The summed E-state index contributed by atoms with van der Waals surface area (Å²) in [7, 11) is 0. The molecule has 2 atom stereocenters. The Morgan fingerprint density at radius 2 is 2.00 bits per heavy atom. The highest BCUT2D eigenvalue weighted by Crippen LogP contribution is 2.36. The Morgan fingerprint density at radius 1 is 1.23 bits per heavy atom. The van der Waals surface area contributed by atoms with Gasteiger partial charge in [0.05, 0.1) is 0 Å². The number of halogens is 2. The van der Waals surface area contributed by atoms with E-state index in [2.05, 4.69) is 0 Å². The molecule has 1 aromatic rings. The van der Waals surface area contributed by atoms with Gasteiger partial charge in [0.25, 0.3) is 0 Å². The third kappa shape index (κ3) is 1.44. The largest absolute Gasteiger partial charge is 0.327 e. The molecule has 0 saturated heterocycles. The molecule has 1 aliphatic rings. The van der Waals surface area contributed by atoms with Crippen LogP contribution in [0.3, 0.4) is 0 Å². The number of rotatable bonds is 1. The first-order valence-electron chi connectivity index (χ1n) is 4.39. The molecule has 70 valence electrons. The summed E-state index contributed by atoms with van der Waals surface area (Å²) in [4.78, 5) is 0. The fourth-order valence-corrected chi connectivity index (χ4v) is 1.71. The molecule has 2 rings (SSSR count). The van der Waals surface area contributed by atoms with E-state index in [1.165, 1.54) is 12.1 Å².